The topological polar surface area (TPSA) is 63.4 Å². The number of halogens is 1. The number of rotatable bonds is 3. The number of sulfone groups is 1. The van der Waals surface area contributed by atoms with Crippen LogP contribution in [0.5, 0.6) is 0 Å². The van der Waals surface area contributed by atoms with Crippen LogP contribution in [0.15, 0.2) is 18.2 Å². The van der Waals surface area contributed by atoms with E-state index in [1.165, 1.54) is 6.07 Å². The Morgan fingerprint density at radius 2 is 1.94 bits per heavy atom. The van der Waals surface area contributed by atoms with Crippen LogP contribution in [0.1, 0.15) is 11.1 Å². The van der Waals surface area contributed by atoms with Crippen molar-refractivity contribution in [2.24, 2.45) is 5.73 Å². The first-order valence-corrected chi connectivity index (χ1v) is 7.72. The predicted molar refractivity (Wildman–Crippen MR) is 68.2 cm³/mol. The summed E-state index contributed by atoms with van der Waals surface area (Å²) in [5.41, 5.74) is 6.99. The van der Waals surface area contributed by atoms with Gasteiger partial charge in [-0.1, -0.05) is 12.1 Å². The van der Waals surface area contributed by atoms with Crippen LogP contribution in [0.3, 0.4) is 0 Å². The average molecular weight is 272 g/mol. The highest BCUT2D eigenvalue weighted by Crippen LogP contribution is 2.15. The van der Waals surface area contributed by atoms with E-state index in [2.05, 4.69) is 0 Å². The van der Waals surface area contributed by atoms with Gasteiger partial charge < -0.3 is 5.73 Å². The zero-order valence-electron chi connectivity index (χ0n) is 10.1. The van der Waals surface area contributed by atoms with Gasteiger partial charge in [-0.3, -0.25) is 4.90 Å². The molecule has 1 fully saturated rings. The maximum atomic E-state index is 13.6. The molecule has 0 spiro atoms. The summed E-state index contributed by atoms with van der Waals surface area (Å²) in [6.45, 7) is 1.75. The molecule has 1 aromatic carbocycles. The van der Waals surface area contributed by atoms with Crippen LogP contribution in [-0.2, 0) is 22.9 Å². The van der Waals surface area contributed by atoms with E-state index in [4.69, 9.17) is 5.73 Å². The van der Waals surface area contributed by atoms with Gasteiger partial charge >= 0.3 is 0 Å². The van der Waals surface area contributed by atoms with Gasteiger partial charge in [-0.2, -0.15) is 0 Å². The maximum absolute atomic E-state index is 13.6. The molecule has 2 rings (SSSR count). The standard InChI is InChI=1S/C12H17FN2O2S/c13-12-2-1-10(8-14)7-11(12)9-15-3-5-18(16,17)6-4-15/h1-2,7H,3-6,8-9,14H2. The van der Waals surface area contributed by atoms with Crippen molar-refractivity contribution in [2.75, 3.05) is 24.6 Å². The molecule has 0 radical (unpaired) electrons. The van der Waals surface area contributed by atoms with Crippen molar-refractivity contribution in [1.29, 1.82) is 0 Å². The van der Waals surface area contributed by atoms with E-state index in [1.54, 1.807) is 12.1 Å². The van der Waals surface area contributed by atoms with Crippen LogP contribution in [0.2, 0.25) is 0 Å². The van der Waals surface area contributed by atoms with Crippen molar-refractivity contribution < 1.29 is 12.8 Å². The minimum Gasteiger partial charge on any atom is -0.326 e. The second-order valence-corrected chi connectivity index (χ2v) is 6.86. The van der Waals surface area contributed by atoms with Crippen molar-refractivity contribution in [1.82, 2.24) is 4.90 Å². The van der Waals surface area contributed by atoms with Gasteiger partial charge in [-0.15, -0.1) is 0 Å². The SMILES string of the molecule is NCc1ccc(F)c(CN2CCS(=O)(=O)CC2)c1. The summed E-state index contributed by atoms with van der Waals surface area (Å²) >= 11 is 0. The lowest BCUT2D eigenvalue weighted by Gasteiger charge is -2.26. The Morgan fingerprint density at radius 3 is 2.56 bits per heavy atom. The van der Waals surface area contributed by atoms with Gasteiger partial charge in [0.25, 0.3) is 0 Å². The van der Waals surface area contributed by atoms with Gasteiger partial charge in [0.15, 0.2) is 9.84 Å². The zero-order valence-corrected chi connectivity index (χ0v) is 10.9. The zero-order chi connectivity index (χ0) is 13.2. The van der Waals surface area contributed by atoms with Gasteiger partial charge in [0, 0.05) is 31.7 Å². The lowest BCUT2D eigenvalue weighted by molar-refractivity contribution is 0.283. The third-order valence-corrected chi connectivity index (χ3v) is 4.79. The van der Waals surface area contributed by atoms with Crippen molar-refractivity contribution >= 4 is 9.84 Å². The lowest BCUT2D eigenvalue weighted by atomic mass is 10.1. The molecule has 1 aliphatic heterocycles. The van der Waals surface area contributed by atoms with Crippen LogP contribution in [0, 0.1) is 5.82 Å². The third kappa shape index (κ3) is 3.28. The fourth-order valence-corrected chi connectivity index (χ4v) is 3.30. The van der Waals surface area contributed by atoms with E-state index in [9.17, 15) is 12.8 Å². The van der Waals surface area contributed by atoms with Crippen molar-refractivity contribution in [2.45, 2.75) is 13.1 Å². The smallest absolute Gasteiger partial charge is 0.152 e. The van der Waals surface area contributed by atoms with E-state index < -0.39 is 9.84 Å². The highest BCUT2D eigenvalue weighted by molar-refractivity contribution is 7.91. The third-order valence-electron chi connectivity index (χ3n) is 3.18. The molecular formula is C12H17FN2O2S. The molecular weight excluding hydrogens is 255 g/mol. The summed E-state index contributed by atoms with van der Waals surface area (Å²) in [5.74, 6) is 0.0526. The quantitative estimate of drug-likeness (QED) is 0.871. The van der Waals surface area contributed by atoms with Gasteiger partial charge in [0.05, 0.1) is 11.5 Å². The summed E-state index contributed by atoms with van der Waals surface area (Å²) in [6.07, 6.45) is 0. The van der Waals surface area contributed by atoms with Crippen LogP contribution in [-0.4, -0.2) is 37.9 Å². The fourth-order valence-electron chi connectivity index (χ4n) is 2.03. The average Bonchev–Trinajstić information content (AvgIpc) is 2.34. The molecule has 4 nitrogen and oxygen atoms in total. The summed E-state index contributed by atoms with van der Waals surface area (Å²) in [5, 5.41) is 0. The van der Waals surface area contributed by atoms with Gasteiger partial charge in [-0.25, -0.2) is 12.8 Å². The van der Waals surface area contributed by atoms with Crippen LogP contribution in [0.4, 0.5) is 4.39 Å². The molecule has 1 heterocycles. The van der Waals surface area contributed by atoms with Crippen molar-refractivity contribution in [3.05, 3.63) is 35.1 Å². The molecule has 1 aromatic rings. The van der Waals surface area contributed by atoms with Gasteiger partial charge in [0.1, 0.15) is 5.82 Å². The molecule has 6 heteroatoms. The summed E-state index contributed by atoms with van der Waals surface area (Å²) < 4.78 is 36.2. The highest BCUT2D eigenvalue weighted by atomic mass is 32.2. The van der Waals surface area contributed by atoms with Crippen molar-refractivity contribution in [3.63, 3.8) is 0 Å². The van der Waals surface area contributed by atoms with E-state index >= 15 is 0 Å². The number of hydrogen-bond acceptors (Lipinski definition) is 4. The van der Waals surface area contributed by atoms with E-state index in [0.717, 1.165) is 5.56 Å². The molecule has 0 unspecified atom stereocenters. The minimum atomic E-state index is -2.89. The first-order chi connectivity index (χ1) is 8.50. The van der Waals surface area contributed by atoms with Crippen molar-refractivity contribution in [3.8, 4) is 0 Å². The molecule has 0 atom stereocenters. The molecule has 1 saturated heterocycles. The molecule has 2 N–H and O–H groups in total. The predicted octanol–water partition coefficient (Wildman–Crippen LogP) is 0.515. The highest BCUT2D eigenvalue weighted by Gasteiger charge is 2.22. The number of nitrogens with zero attached hydrogens (tertiary/aromatic N) is 1. The molecule has 18 heavy (non-hydrogen) atoms. The first kappa shape index (κ1) is 13.5. The Morgan fingerprint density at radius 1 is 1.28 bits per heavy atom. The summed E-state index contributed by atoms with van der Waals surface area (Å²) in [6, 6.07) is 4.83. The van der Waals surface area contributed by atoms with E-state index in [0.29, 0.717) is 31.7 Å². The number of hydrogen-bond donors (Lipinski definition) is 1. The Balaban J connectivity index is 2.06. The number of nitrogens with two attached hydrogens (primary N) is 1. The maximum Gasteiger partial charge on any atom is 0.152 e. The Kier molecular flexibility index (Phi) is 3.99. The first-order valence-electron chi connectivity index (χ1n) is 5.90. The lowest BCUT2D eigenvalue weighted by Crippen LogP contribution is -2.39. The molecule has 0 bridgehead atoms. The van der Waals surface area contributed by atoms with Crippen LogP contribution in [0.25, 0.3) is 0 Å². The van der Waals surface area contributed by atoms with E-state index in [-0.39, 0.29) is 17.3 Å². The minimum absolute atomic E-state index is 0.158. The molecule has 100 valence electrons. The van der Waals surface area contributed by atoms with Gasteiger partial charge in [0.2, 0.25) is 0 Å². The van der Waals surface area contributed by atoms with Gasteiger partial charge in [-0.05, 0) is 11.6 Å². The Bertz CT molecular complexity index is 517. The fraction of sp³-hybridized carbons (Fsp3) is 0.500. The summed E-state index contributed by atoms with van der Waals surface area (Å²) in [4.78, 5) is 1.96. The van der Waals surface area contributed by atoms with Crippen LogP contribution < -0.4 is 5.73 Å². The molecule has 0 aromatic heterocycles. The Labute approximate surface area is 107 Å². The molecule has 0 aliphatic carbocycles. The van der Waals surface area contributed by atoms with E-state index in [1.807, 2.05) is 4.90 Å². The molecule has 0 amide bonds. The molecule has 0 saturated carbocycles. The second-order valence-electron chi connectivity index (χ2n) is 4.56. The van der Waals surface area contributed by atoms with Crippen LogP contribution >= 0.6 is 0 Å². The normalized spacial score (nSPS) is 19.9. The second kappa shape index (κ2) is 5.34. The monoisotopic (exact) mass is 272 g/mol. The molecule has 1 aliphatic rings. The number of benzene rings is 1. The summed E-state index contributed by atoms with van der Waals surface area (Å²) in [7, 11) is -2.89. The largest absolute Gasteiger partial charge is 0.326 e. The Hall–Kier alpha value is -0.980.